The molecule has 26 heavy (non-hydrogen) atoms. The second kappa shape index (κ2) is 10.0. The fourth-order valence-electron chi connectivity index (χ4n) is 2.95. The Labute approximate surface area is 156 Å². The van der Waals surface area contributed by atoms with Crippen LogP contribution < -0.4 is 0 Å². The molecule has 0 radical (unpaired) electrons. The van der Waals surface area contributed by atoms with Crippen LogP contribution >= 0.6 is 0 Å². The molecule has 0 spiro atoms. The van der Waals surface area contributed by atoms with E-state index in [2.05, 4.69) is 32.0 Å². The van der Waals surface area contributed by atoms with Gasteiger partial charge in [0.1, 0.15) is 11.5 Å². The average Bonchev–Trinajstić information content (AvgIpc) is 2.59. The van der Waals surface area contributed by atoms with Crippen LogP contribution in [0.5, 0.6) is 11.5 Å². The van der Waals surface area contributed by atoms with Crippen LogP contribution in [0.25, 0.3) is 12.2 Å². The van der Waals surface area contributed by atoms with Crippen molar-refractivity contribution >= 4 is 12.2 Å². The van der Waals surface area contributed by atoms with Crippen LogP contribution in [0, 0.1) is 5.92 Å². The number of phenolic OH excluding ortho intramolecular Hbond substituents is 2. The molecule has 0 aromatic heterocycles. The number of benzene rings is 2. The van der Waals surface area contributed by atoms with Gasteiger partial charge in [0.25, 0.3) is 0 Å². The van der Waals surface area contributed by atoms with E-state index >= 15 is 0 Å². The fraction of sp³-hybridized carbons (Fsp3) is 0.391. The van der Waals surface area contributed by atoms with Crippen molar-refractivity contribution in [1.29, 1.82) is 0 Å². The first-order valence-electron chi connectivity index (χ1n) is 9.42. The molecular formula is C23H30O3. The van der Waals surface area contributed by atoms with Crippen LogP contribution in [0.3, 0.4) is 0 Å². The van der Waals surface area contributed by atoms with E-state index in [0.717, 1.165) is 43.2 Å². The van der Waals surface area contributed by atoms with Crippen molar-refractivity contribution in [3.63, 3.8) is 0 Å². The molecule has 0 saturated heterocycles. The van der Waals surface area contributed by atoms with E-state index in [1.807, 2.05) is 18.2 Å². The van der Waals surface area contributed by atoms with Crippen LogP contribution in [0.15, 0.2) is 42.5 Å². The maximum Gasteiger partial charge on any atom is 0.119 e. The zero-order chi connectivity index (χ0) is 18.9. The molecule has 1 unspecified atom stereocenters. The Morgan fingerprint density at radius 2 is 1.54 bits per heavy atom. The summed E-state index contributed by atoms with van der Waals surface area (Å²) in [6.07, 6.45) is 8.93. The van der Waals surface area contributed by atoms with Crippen molar-refractivity contribution in [2.45, 2.75) is 52.1 Å². The lowest BCUT2D eigenvalue weighted by Crippen LogP contribution is -2.13. The first kappa shape index (κ1) is 20.1. The monoisotopic (exact) mass is 354 g/mol. The van der Waals surface area contributed by atoms with E-state index in [-0.39, 0.29) is 17.6 Å². The van der Waals surface area contributed by atoms with Crippen molar-refractivity contribution in [2.24, 2.45) is 5.92 Å². The zero-order valence-corrected chi connectivity index (χ0v) is 15.7. The molecule has 0 bridgehead atoms. The number of phenols is 2. The van der Waals surface area contributed by atoms with Crippen molar-refractivity contribution in [3.8, 4) is 11.5 Å². The highest BCUT2D eigenvalue weighted by atomic mass is 16.3. The predicted octanol–water partition coefficient (Wildman–Crippen LogP) is 5.39. The lowest BCUT2D eigenvalue weighted by Gasteiger charge is -2.13. The molecule has 0 amide bonds. The Hall–Kier alpha value is -2.26. The maximum atomic E-state index is 9.83. The predicted molar refractivity (Wildman–Crippen MR) is 108 cm³/mol. The van der Waals surface area contributed by atoms with Gasteiger partial charge in [-0.05, 0) is 54.0 Å². The van der Waals surface area contributed by atoms with Crippen LogP contribution in [0.2, 0.25) is 0 Å². The lowest BCUT2D eigenvalue weighted by molar-refractivity contribution is 0.113. The molecule has 3 N–H and O–H groups in total. The van der Waals surface area contributed by atoms with Crippen molar-refractivity contribution in [3.05, 3.63) is 59.2 Å². The van der Waals surface area contributed by atoms with E-state index in [1.54, 1.807) is 12.1 Å². The second-order valence-corrected chi connectivity index (χ2v) is 7.27. The molecule has 2 rings (SSSR count). The van der Waals surface area contributed by atoms with Crippen molar-refractivity contribution < 1.29 is 15.3 Å². The minimum atomic E-state index is -0.180. The van der Waals surface area contributed by atoms with Gasteiger partial charge in [0.05, 0.1) is 6.10 Å². The van der Waals surface area contributed by atoms with Crippen molar-refractivity contribution in [2.75, 3.05) is 0 Å². The smallest absolute Gasteiger partial charge is 0.119 e. The molecule has 1 atom stereocenters. The quantitative estimate of drug-likeness (QED) is 0.418. The molecule has 0 aliphatic carbocycles. The summed E-state index contributed by atoms with van der Waals surface area (Å²) in [7, 11) is 0. The molecule has 0 aliphatic heterocycles. The number of rotatable bonds is 9. The molecule has 0 saturated carbocycles. The molecule has 0 aliphatic rings. The highest BCUT2D eigenvalue weighted by Gasteiger charge is 2.07. The van der Waals surface area contributed by atoms with Gasteiger partial charge in [0.15, 0.2) is 0 Å². The molecule has 3 heteroatoms. The first-order chi connectivity index (χ1) is 12.4. The van der Waals surface area contributed by atoms with Crippen LogP contribution in [-0.4, -0.2) is 21.4 Å². The SMILES string of the molecule is CC(C)C(O)CCCCCc1cccc(C=Cc2cc(O)cc(O)c2)c1. The Balaban J connectivity index is 1.84. The van der Waals surface area contributed by atoms with E-state index in [1.165, 1.54) is 11.6 Å². The number of aliphatic hydroxyl groups excluding tert-OH is 1. The standard InChI is InChI=1S/C23H30O3/c1-17(2)23(26)10-5-3-4-7-18-8-6-9-19(13-18)11-12-20-14-21(24)16-22(25)15-20/h6,8-9,11-17,23-26H,3-5,7,10H2,1-2H3. The number of aryl methyl sites for hydroxylation is 1. The van der Waals surface area contributed by atoms with E-state index < -0.39 is 0 Å². The van der Waals surface area contributed by atoms with Crippen molar-refractivity contribution in [1.82, 2.24) is 0 Å². The van der Waals surface area contributed by atoms with Gasteiger partial charge >= 0.3 is 0 Å². The molecule has 0 fully saturated rings. The lowest BCUT2D eigenvalue weighted by atomic mass is 9.99. The summed E-state index contributed by atoms with van der Waals surface area (Å²) < 4.78 is 0. The molecule has 3 nitrogen and oxygen atoms in total. The van der Waals surface area contributed by atoms with Gasteiger partial charge in [-0.1, -0.05) is 63.1 Å². The molecule has 140 valence electrons. The Kier molecular flexibility index (Phi) is 7.73. The summed E-state index contributed by atoms with van der Waals surface area (Å²) in [5, 5.41) is 28.9. The average molecular weight is 354 g/mol. The first-order valence-corrected chi connectivity index (χ1v) is 9.42. The summed E-state index contributed by atoms with van der Waals surface area (Å²) in [6, 6.07) is 13.0. The van der Waals surface area contributed by atoms with Gasteiger partial charge in [-0.15, -0.1) is 0 Å². The minimum absolute atomic E-state index is 0.0565. The van der Waals surface area contributed by atoms with Gasteiger partial charge in [0.2, 0.25) is 0 Å². The molecule has 2 aromatic carbocycles. The Morgan fingerprint density at radius 3 is 2.23 bits per heavy atom. The number of unbranched alkanes of at least 4 members (excludes halogenated alkanes) is 2. The van der Waals surface area contributed by atoms with E-state index in [0.29, 0.717) is 5.92 Å². The number of aliphatic hydroxyl groups is 1. The third kappa shape index (κ3) is 6.93. The zero-order valence-electron chi connectivity index (χ0n) is 15.7. The number of hydrogen-bond donors (Lipinski definition) is 3. The summed E-state index contributed by atoms with van der Waals surface area (Å²) in [4.78, 5) is 0. The maximum absolute atomic E-state index is 9.83. The van der Waals surface area contributed by atoms with Gasteiger partial charge in [-0.3, -0.25) is 0 Å². The number of aromatic hydroxyl groups is 2. The van der Waals surface area contributed by atoms with Gasteiger partial charge in [-0.2, -0.15) is 0 Å². The highest BCUT2D eigenvalue weighted by molar-refractivity contribution is 5.71. The molecule has 0 heterocycles. The van der Waals surface area contributed by atoms with Crippen LogP contribution in [0.4, 0.5) is 0 Å². The summed E-state index contributed by atoms with van der Waals surface area (Å²) in [5.41, 5.74) is 3.16. The Morgan fingerprint density at radius 1 is 0.846 bits per heavy atom. The van der Waals surface area contributed by atoms with Gasteiger partial charge in [0, 0.05) is 6.07 Å². The molecular weight excluding hydrogens is 324 g/mol. The Bertz CT molecular complexity index is 699. The van der Waals surface area contributed by atoms with E-state index in [9.17, 15) is 15.3 Å². The summed E-state index contributed by atoms with van der Waals surface area (Å²) >= 11 is 0. The summed E-state index contributed by atoms with van der Waals surface area (Å²) in [6.45, 7) is 4.11. The third-order valence-corrected chi connectivity index (χ3v) is 4.58. The number of hydrogen-bond acceptors (Lipinski definition) is 3. The van der Waals surface area contributed by atoms with Crippen LogP contribution in [-0.2, 0) is 6.42 Å². The largest absolute Gasteiger partial charge is 0.508 e. The summed E-state index contributed by atoms with van der Waals surface area (Å²) in [5.74, 6) is 0.453. The second-order valence-electron chi connectivity index (χ2n) is 7.27. The normalized spacial score (nSPS) is 12.8. The highest BCUT2D eigenvalue weighted by Crippen LogP contribution is 2.22. The van der Waals surface area contributed by atoms with Gasteiger partial charge in [-0.25, -0.2) is 0 Å². The third-order valence-electron chi connectivity index (χ3n) is 4.58. The van der Waals surface area contributed by atoms with Gasteiger partial charge < -0.3 is 15.3 Å². The van der Waals surface area contributed by atoms with Crippen LogP contribution in [0.1, 0.15) is 56.2 Å². The topological polar surface area (TPSA) is 60.7 Å². The minimum Gasteiger partial charge on any atom is -0.508 e. The molecule has 2 aromatic rings. The fourth-order valence-corrected chi connectivity index (χ4v) is 2.95. The van der Waals surface area contributed by atoms with E-state index in [4.69, 9.17) is 0 Å².